The van der Waals surface area contributed by atoms with E-state index in [2.05, 4.69) is 22.9 Å². The van der Waals surface area contributed by atoms with Gasteiger partial charge in [0.05, 0.1) is 23.4 Å². The predicted octanol–water partition coefficient (Wildman–Crippen LogP) is 2.11. The van der Waals surface area contributed by atoms with Crippen LogP contribution in [0.5, 0.6) is 0 Å². The van der Waals surface area contributed by atoms with E-state index in [1.165, 1.54) is 4.70 Å². The average molecular weight is 236 g/mol. The number of hydrogen-bond acceptors (Lipinski definition) is 4. The highest BCUT2D eigenvalue weighted by molar-refractivity contribution is 7.18. The predicted molar refractivity (Wildman–Crippen MR) is 67.7 cm³/mol. The molecule has 3 nitrogen and oxygen atoms in total. The van der Waals surface area contributed by atoms with E-state index in [0.29, 0.717) is 6.54 Å². The van der Waals surface area contributed by atoms with Crippen molar-refractivity contribution in [2.45, 2.75) is 13.5 Å². The lowest BCUT2D eigenvalue weighted by molar-refractivity contribution is 0.197. The van der Waals surface area contributed by atoms with Crippen LogP contribution in [0.4, 0.5) is 0 Å². The summed E-state index contributed by atoms with van der Waals surface area (Å²) in [5, 5.41) is 10.0. The van der Waals surface area contributed by atoms with Crippen LogP contribution < -0.4 is 0 Å². The van der Waals surface area contributed by atoms with Gasteiger partial charge in [0.15, 0.2) is 0 Å². The normalized spacial score (nSPS) is 11.4. The van der Waals surface area contributed by atoms with Crippen molar-refractivity contribution in [3.63, 3.8) is 0 Å². The molecule has 0 aliphatic carbocycles. The number of fused-ring (bicyclic) bond motifs is 1. The van der Waals surface area contributed by atoms with Gasteiger partial charge < -0.3 is 5.11 Å². The van der Waals surface area contributed by atoms with E-state index in [9.17, 15) is 0 Å². The van der Waals surface area contributed by atoms with E-state index in [-0.39, 0.29) is 6.61 Å². The third kappa shape index (κ3) is 2.58. The van der Waals surface area contributed by atoms with E-state index in [1.54, 1.807) is 11.3 Å². The van der Waals surface area contributed by atoms with Crippen LogP contribution >= 0.6 is 11.3 Å². The number of benzene rings is 1. The summed E-state index contributed by atoms with van der Waals surface area (Å²) in [4.78, 5) is 6.77. The molecular weight excluding hydrogens is 220 g/mol. The minimum absolute atomic E-state index is 0.207. The van der Waals surface area contributed by atoms with Crippen molar-refractivity contribution in [3.05, 3.63) is 29.3 Å². The Kier molecular flexibility index (Phi) is 3.88. The molecule has 0 fully saturated rings. The highest BCUT2D eigenvalue weighted by Crippen LogP contribution is 2.22. The summed E-state index contributed by atoms with van der Waals surface area (Å²) in [5.74, 6) is 0. The van der Waals surface area contributed by atoms with Gasteiger partial charge in [-0.3, -0.25) is 4.90 Å². The zero-order valence-electron chi connectivity index (χ0n) is 9.39. The minimum Gasteiger partial charge on any atom is -0.395 e. The molecule has 0 aliphatic heterocycles. The van der Waals surface area contributed by atoms with Crippen molar-refractivity contribution in [2.75, 3.05) is 19.7 Å². The van der Waals surface area contributed by atoms with Crippen LogP contribution in [0.25, 0.3) is 10.2 Å². The third-order valence-corrected chi connectivity index (χ3v) is 3.58. The second kappa shape index (κ2) is 5.39. The summed E-state index contributed by atoms with van der Waals surface area (Å²) in [6.07, 6.45) is 0. The van der Waals surface area contributed by atoms with E-state index >= 15 is 0 Å². The van der Waals surface area contributed by atoms with Gasteiger partial charge in [-0.25, -0.2) is 4.98 Å². The zero-order chi connectivity index (χ0) is 11.4. The first-order valence-corrected chi connectivity index (χ1v) is 6.32. The van der Waals surface area contributed by atoms with Crippen LogP contribution in [0.2, 0.25) is 0 Å². The molecule has 0 aliphatic rings. The lowest BCUT2D eigenvalue weighted by Gasteiger charge is -2.16. The molecule has 1 N–H and O–H groups in total. The van der Waals surface area contributed by atoms with Crippen molar-refractivity contribution in [2.24, 2.45) is 0 Å². The molecule has 2 rings (SSSR count). The summed E-state index contributed by atoms with van der Waals surface area (Å²) >= 11 is 1.73. The Labute approximate surface area is 99.4 Å². The van der Waals surface area contributed by atoms with E-state index in [4.69, 9.17) is 5.11 Å². The largest absolute Gasteiger partial charge is 0.395 e. The van der Waals surface area contributed by atoms with Crippen molar-refractivity contribution in [1.29, 1.82) is 0 Å². The minimum atomic E-state index is 0.207. The summed E-state index contributed by atoms with van der Waals surface area (Å²) < 4.78 is 1.23. The molecule has 0 atom stereocenters. The summed E-state index contributed by atoms with van der Waals surface area (Å²) in [5.41, 5.74) is 1.07. The molecule has 16 heavy (non-hydrogen) atoms. The quantitative estimate of drug-likeness (QED) is 0.863. The number of likely N-dealkylation sites (N-methyl/N-ethyl adjacent to an activating group) is 1. The fourth-order valence-corrected chi connectivity index (χ4v) is 2.68. The van der Waals surface area contributed by atoms with Gasteiger partial charge in [-0.05, 0) is 18.7 Å². The van der Waals surface area contributed by atoms with E-state index < -0.39 is 0 Å². The first-order chi connectivity index (χ1) is 7.83. The van der Waals surface area contributed by atoms with Crippen LogP contribution in [0.15, 0.2) is 24.3 Å². The molecule has 0 saturated heterocycles. The van der Waals surface area contributed by atoms with E-state index in [0.717, 1.165) is 23.6 Å². The smallest absolute Gasteiger partial charge is 0.108 e. The van der Waals surface area contributed by atoms with Crippen LogP contribution in [-0.4, -0.2) is 34.7 Å². The summed E-state index contributed by atoms with van der Waals surface area (Å²) in [6.45, 7) is 4.79. The SMILES string of the molecule is CCN(CCO)Cc1nc2ccccc2s1. The Morgan fingerprint density at radius 1 is 1.38 bits per heavy atom. The highest BCUT2D eigenvalue weighted by Gasteiger charge is 2.07. The molecule has 0 radical (unpaired) electrons. The maximum absolute atomic E-state index is 8.93. The molecule has 0 amide bonds. The Morgan fingerprint density at radius 3 is 2.88 bits per heavy atom. The monoisotopic (exact) mass is 236 g/mol. The number of para-hydroxylation sites is 1. The first kappa shape index (κ1) is 11.5. The average Bonchev–Trinajstić information content (AvgIpc) is 2.70. The first-order valence-electron chi connectivity index (χ1n) is 5.51. The van der Waals surface area contributed by atoms with Gasteiger partial charge in [0.25, 0.3) is 0 Å². The van der Waals surface area contributed by atoms with Crippen molar-refractivity contribution in [3.8, 4) is 0 Å². The van der Waals surface area contributed by atoms with Gasteiger partial charge in [0, 0.05) is 6.54 Å². The number of aromatic nitrogens is 1. The third-order valence-electron chi connectivity index (χ3n) is 2.56. The van der Waals surface area contributed by atoms with Crippen LogP contribution in [0.1, 0.15) is 11.9 Å². The van der Waals surface area contributed by atoms with Crippen molar-refractivity contribution in [1.82, 2.24) is 9.88 Å². The second-order valence-electron chi connectivity index (χ2n) is 3.67. The molecule has 2 aromatic rings. The molecule has 1 aromatic heterocycles. The van der Waals surface area contributed by atoms with Crippen molar-refractivity contribution >= 4 is 21.6 Å². The molecule has 4 heteroatoms. The number of hydrogen-bond donors (Lipinski definition) is 1. The topological polar surface area (TPSA) is 36.4 Å². The zero-order valence-corrected chi connectivity index (χ0v) is 10.2. The second-order valence-corrected chi connectivity index (χ2v) is 4.78. The fraction of sp³-hybridized carbons (Fsp3) is 0.417. The van der Waals surface area contributed by atoms with Gasteiger partial charge >= 0.3 is 0 Å². The molecule has 86 valence electrons. The molecular formula is C12H16N2OS. The molecule has 1 heterocycles. The molecule has 0 saturated carbocycles. The maximum atomic E-state index is 8.93. The number of aliphatic hydroxyl groups is 1. The fourth-order valence-electron chi connectivity index (χ4n) is 1.67. The molecule has 1 aromatic carbocycles. The summed E-state index contributed by atoms with van der Waals surface area (Å²) in [7, 11) is 0. The van der Waals surface area contributed by atoms with E-state index in [1.807, 2.05) is 18.2 Å². The number of rotatable bonds is 5. The number of nitrogens with zero attached hydrogens (tertiary/aromatic N) is 2. The van der Waals surface area contributed by atoms with Crippen molar-refractivity contribution < 1.29 is 5.11 Å². The standard InChI is InChI=1S/C12H16N2OS/c1-2-14(7-8-15)9-12-13-10-5-3-4-6-11(10)16-12/h3-6,15H,2,7-9H2,1H3. The number of aliphatic hydroxyl groups excluding tert-OH is 1. The van der Waals surface area contributed by atoms with Gasteiger partial charge in [0.2, 0.25) is 0 Å². The highest BCUT2D eigenvalue weighted by atomic mass is 32.1. The maximum Gasteiger partial charge on any atom is 0.108 e. The van der Waals surface area contributed by atoms with Crippen LogP contribution in [0, 0.1) is 0 Å². The van der Waals surface area contributed by atoms with Gasteiger partial charge in [0.1, 0.15) is 5.01 Å². The lowest BCUT2D eigenvalue weighted by atomic mass is 10.3. The number of thiazole rings is 1. The molecule has 0 bridgehead atoms. The Balaban J connectivity index is 2.14. The van der Waals surface area contributed by atoms with Gasteiger partial charge in [-0.2, -0.15) is 0 Å². The Bertz CT molecular complexity index is 422. The van der Waals surface area contributed by atoms with Crippen LogP contribution in [-0.2, 0) is 6.54 Å². The lowest BCUT2D eigenvalue weighted by Crippen LogP contribution is -2.25. The van der Waals surface area contributed by atoms with Gasteiger partial charge in [-0.15, -0.1) is 11.3 Å². The Hall–Kier alpha value is -0.970. The van der Waals surface area contributed by atoms with Crippen LogP contribution in [0.3, 0.4) is 0 Å². The molecule has 0 unspecified atom stereocenters. The summed E-state index contributed by atoms with van der Waals surface area (Å²) in [6, 6.07) is 8.18. The molecule has 0 spiro atoms. The van der Waals surface area contributed by atoms with Gasteiger partial charge in [-0.1, -0.05) is 19.1 Å². The Morgan fingerprint density at radius 2 is 2.19 bits per heavy atom.